The van der Waals surface area contributed by atoms with Crippen molar-refractivity contribution in [2.45, 2.75) is 46.1 Å². The molecule has 0 aliphatic heterocycles. The van der Waals surface area contributed by atoms with E-state index in [1.165, 1.54) is 6.92 Å². The van der Waals surface area contributed by atoms with Crippen LogP contribution in [0.3, 0.4) is 0 Å². The van der Waals surface area contributed by atoms with Crippen LogP contribution in [0.25, 0.3) is 0 Å². The molecule has 0 saturated heterocycles. The average molecular weight is 293 g/mol. The number of rotatable bonds is 7. The third-order valence-electron chi connectivity index (χ3n) is 3.55. The summed E-state index contributed by atoms with van der Waals surface area (Å²) in [5.41, 5.74) is 0.797. The lowest BCUT2D eigenvalue weighted by atomic mass is 9.96. The van der Waals surface area contributed by atoms with E-state index in [2.05, 4.69) is 5.32 Å². The number of aliphatic carboxylic acids is 1. The second-order valence-electron chi connectivity index (χ2n) is 5.42. The van der Waals surface area contributed by atoms with Gasteiger partial charge in [-0.25, -0.2) is 4.79 Å². The van der Waals surface area contributed by atoms with Crippen molar-refractivity contribution >= 4 is 11.9 Å². The largest absolute Gasteiger partial charge is 0.483 e. The number of hydrogen-bond donors (Lipinski definition) is 2. The van der Waals surface area contributed by atoms with Crippen molar-refractivity contribution in [2.24, 2.45) is 0 Å². The Morgan fingerprint density at radius 3 is 2.57 bits per heavy atom. The van der Waals surface area contributed by atoms with Crippen molar-refractivity contribution in [2.75, 3.05) is 6.61 Å². The van der Waals surface area contributed by atoms with Gasteiger partial charge >= 0.3 is 5.97 Å². The minimum atomic E-state index is -1.25. The molecule has 0 bridgehead atoms. The number of carbonyl (C=O) groups excluding carboxylic acids is 1. The molecule has 0 aliphatic rings. The highest BCUT2D eigenvalue weighted by Crippen LogP contribution is 2.20. The molecule has 0 saturated carbocycles. The summed E-state index contributed by atoms with van der Waals surface area (Å²) < 4.78 is 5.48. The first-order valence-electron chi connectivity index (χ1n) is 7.03. The van der Waals surface area contributed by atoms with Gasteiger partial charge in [0.1, 0.15) is 11.3 Å². The van der Waals surface area contributed by atoms with E-state index in [1.807, 2.05) is 32.9 Å². The molecule has 1 atom stereocenters. The second-order valence-corrected chi connectivity index (χ2v) is 5.42. The quantitative estimate of drug-likeness (QED) is 0.809. The van der Waals surface area contributed by atoms with Crippen molar-refractivity contribution in [3.8, 4) is 5.75 Å². The molecule has 1 aromatic rings. The van der Waals surface area contributed by atoms with Gasteiger partial charge in [0, 0.05) is 0 Å². The number of carboxylic acids is 1. The van der Waals surface area contributed by atoms with Crippen molar-refractivity contribution in [3.63, 3.8) is 0 Å². The molecule has 0 fully saturated rings. The number of hydrogen-bond acceptors (Lipinski definition) is 3. The van der Waals surface area contributed by atoms with Crippen LogP contribution in [0.2, 0.25) is 0 Å². The lowest BCUT2D eigenvalue weighted by molar-refractivity contribution is -0.147. The van der Waals surface area contributed by atoms with E-state index in [0.717, 1.165) is 11.1 Å². The monoisotopic (exact) mass is 293 g/mol. The molecule has 1 unspecified atom stereocenters. The van der Waals surface area contributed by atoms with Gasteiger partial charge in [-0.2, -0.15) is 0 Å². The summed E-state index contributed by atoms with van der Waals surface area (Å²) in [7, 11) is 0. The number of carbonyl (C=O) groups is 2. The van der Waals surface area contributed by atoms with Crippen LogP contribution in [0, 0.1) is 13.8 Å². The summed E-state index contributed by atoms with van der Waals surface area (Å²) in [5.74, 6) is -0.837. The molecule has 5 heteroatoms. The standard InChI is InChI=1S/C16H23NO4/c1-5-9-16(4,15(19)20)17-14(18)10-21-13-8-6-7-11(2)12(13)3/h6-8H,5,9-10H2,1-4H3,(H,17,18)(H,19,20). The van der Waals surface area contributed by atoms with E-state index in [9.17, 15) is 14.7 Å². The van der Waals surface area contributed by atoms with Crippen molar-refractivity contribution in [1.29, 1.82) is 0 Å². The van der Waals surface area contributed by atoms with Gasteiger partial charge in [-0.1, -0.05) is 25.5 Å². The van der Waals surface area contributed by atoms with Crippen molar-refractivity contribution in [1.82, 2.24) is 5.32 Å². The van der Waals surface area contributed by atoms with Crippen molar-refractivity contribution in [3.05, 3.63) is 29.3 Å². The lowest BCUT2D eigenvalue weighted by Gasteiger charge is -2.25. The molecule has 0 radical (unpaired) electrons. The van der Waals surface area contributed by atoms with Crippen molar-refractivity contribution < 1.29 is 19.4 Å². The molecule has 0 aliphatic carbocycles. The highest BCUT2D eigenvalue weighted by Gasteiger charge is 2.33. The molecule has 2 N–H and O–H groups in total. The maximum Gasteiger partial charge on any atom is 0.329 e. The van der Waals surface area contributed by atoms with Crippen LogP contribution in [0.4, 0.5) is 0 Å². The molecule has 0 spiro atoms. The van der Waals surface area contributed by atoms with E-state index in [1.54, 1.807) is 6.07 Å². The molecule has 21 heavy (non-hydrogen) atoms. The van der Waals surface area contributed by atoms with Gasteiger partial charge in [0.2, 0.25) is 0 Å². The fourth-order valence-corrected chi connectivity index (χ4v) is 2.09. The van der Waals surface area contributed by atoms with E-state index < -0.39 is 17.4 Å². The molecule has 0 heterocycles. The Morgan fingerprint density at radius 2 is 2.00 bits per heavy atom. The van der Waals surface area contributed by atoms with Gasteiger partial charge in [0.25, 0.3) is 5.91 Å². The topological polar surface area (TPSA) is 75.6 Å². The number of ether oxygens (including phenoxy) is 1. The maximum atomic E-state index is 11.9. The molecule has 0 aromatic heterocycles. The zero-order valence-electron chi connectivity index (χ0n) is 13.0. The summed E-state index contributed by atoms with van der Waals surface area (Å²) in [6.07, 6.45) is 1.04. The maximum absolute atomic E-state index is 11.9. The zero-order valence-corrected chi connectivity index (χ0v) is 13.0. The smallest absolute Gasteiger partial charge is 0.329 e. The highest BCUT2D eigenvalue weighted by atomic mass is 16.5. The number of benzene rings is 1. The van der Waals surface area contributed by atoms with Crippen LogP contribution < -0.4 is 10.1 Å². The summed E-state index contributed by atoms with van der Waals surface area (Å²) in [5, 5.41) is 11.8. The summed E-state index contributed by atoms with van der Waals surface area (Å²) in [4.78, 5) is 23.2. The van der Waals surface area contributed by atoms with Gasteiger partial charge in [-0.3, -0.25) is 4.79 Å². The minimum absolute atomic E-state index is 0.198. The molecular weight excluding hydrogens is 270 g/mol. The fraction of sp³-hybridized carbons (Fsp3) is 0.500. The number of aryl methyl sites for hydroxylation is 1. The molecular formula is C16H23NO4. The van der Waals surface area contributed by atoms with Crippen LogP contribution in [0.1, 0.15) is 37.8 Å². The average Bonchev–Trinajstić information content (AvgIpc) is 2.40. The SMILES string of the molecule is CCCC(C)(NC(=O)COc1cccc(C)c1C)C(=O)O. The van der Waals surface area contributed by atoms with Crippen LogP contribution in [-0.2, 0) is 9.59 Å². The number of amides is 1. The van der Waals surface area contributed by atoms with Crippen LogP contribution in [0.15, 0.2) is 18.2 Å². The minimum Gasteiger partial charge on any atom is -0.483 e. The summed E-state index contributed by atoms with van der Waals surface area (Å²) in [6.45, 7) is 7.07. The number of carboxylic acid groups (broad SMARTS) is 1. The lowest BCUT2D eigenvalue weighted by Crippen LogP contribution is -2.53. The Morgan fingerprint density at radius 1 is 1.33 bits per heavy atom. The Bertz CT molecular complexity index is 527. The van der Waals surface area contributed by atoms with Gasteiger partial charge < -0.3 is 15.2 Å². The molecule has 5 nitrogen and oxygen atoms in total. The Kier molecular flexibility index (Phi) is 5.76. The third-order valence-corrected chi connectivity index (χ3v) is 3.55. The zero-order chi connectivity index (χ0) is 16.0. The van der Waals surface area contributed by atoms with Crippen LogP contribution >= 0.6 is 0 Å². The Hall–Kier alpha value is -2.04. The third kappa shape index (κ3) is 4.48. The van der Waals surface area contributed by atoms with Gasteiger partial charge in [-0.05, 0) is 44.4 Å². The predicted molar refractivity (Wildman–Crippen MR) is 80.5 cm³/mol. The van der Waals surface area contributed by atoms with E-state index in [4.69, 9.17) is 4.74 Å². The number of nitrogens with one attached hydrogen (secondary N) is 1. The summed E-state index contributed by atoms with van der Waals surface area (Å²) >= 11 is 0. The second kappa shape index (κ2) is 7.11. The Labute approximate surface area is 125 Å². The van der Waals surface area contributed by atoms with Crippen LogP contribution in [0.5, 0.6) is 5.75 Å². The van der Waals surface area contributed by atoms with E-state index >= 15 is 0 Å². The first kappa shape index (κ1) is 17.0. The fourth-order valence-electron chi connectivity index (χ4n) is 2.09. The van der Waals surface area contributed by atoms with Gasteiger partial charge in [0.05, 0.1) is 0 Å². The first-order chi connectivity index (χ1) is 9.80. The van der Waals surface area contributed by atoms with E-state index in [0.29, 0.717) is 18.6 Å². The molecule has 1 rings (SSSR count). The van der Waals surface area contributed by atoms with Gasteiger partial charge in [0.15, 0.2) is 6.61 Å². The summed E-state index contributed by atoms with van der Waals surface area (Å²) in [6, 6.07) is 5.61. The highest BCUT2D eigenvalue weighted by molar-refractivity contribution is 5.87. The first-order valence-corrected chi connectivity index (χ1v) is 7.03. The Balaban J connectivity index is 2.65. The molecule has 1 aromatic carbocycles. The van der Waals surface area contributed by atoms with Gasteiger partial charge in [-0.15, -0.1) is 0 Å². The predicted octanol–water partition coefficient (Wildman–Crippen LogP) is 2.44. The van der Waals surface area contributed by atoms with E-state index in [-0.39, 0.29) is 6.61 Å². The van der Waals surface area contributed by atoms with Crippen LogP contribution in [-0.4, -0.2) is 29.1 Å². The molecule has 1 amide bonds. The molecule has 116 valence electrons. The normalized spacial score (nSPS) is 13.3.